The largest absolute Gasteiger partial charge is 0.316 e. The van der Waals surface area contributed by atoms with Crippen LogP contribution in [0.15, 0.2) is 27.8 Å². The van der Waals surface area contributed by atoms with Crippen LogP contribution >= 0.6 is 27.7 Å². The first-order valence-electron chi connectivity index (χ1n) is 4.72. The minimum Gasteiger partial charge on any atom is -0.316 e. The molecule has 0 aliphatic rings. The summed E-state index contributed by atoms with van der Waals surface area (Å²) in [5.41, 5.74) is 0. The van der Waals surface area contributed by atoms with E-state index < -0.39 is 0 Å². The second-order valence-electron chi connectivity index (χ2n) is 3.03. The first kappa shape index (κ1) is 12.0. The van der Waals surface area contributed by atoms with Crippen molar-refractivity contribution < 1.29 is 0 Å². The molecule has 4 heteroatoms. The highest BCUT2D eigenvalue weighted by atomic mass is 79.9. The van der Waals surface area contributed by atoms with Gasteiger partial charge in [0.1, 0.15) is 5.03 Å². The minimum atomic E-state index is 0.543. The molecule has 1 atom stereocenters. The van der Waals surface area contributed by atoms with E-state index in [-0.39, 0.29) is 0 Å². The highest BCUT2D eigenvalue weighted by Crippen LogP contribution is 2.27. The van der Waals surface area contributed by atoms with Crippen LogP contribution in [0.25, 0.3) is 0 Å². The zero-order valence-corrected chi connectivity index (χ0v) is 10.9. The van der Waals surface area contributed by atoms with Crippen LogP contribution in [-0.4, -0.2) is 23.3 Å². The highest BCUT2D eigenvalue weighted by Gasteiger charge is 2.07. The Kier molecular flexibility index (Phi) is 5.52. The number of hydrogen-bond acceptors (Lipinski definition) is 3. The Labute approximate surface area is 98.0 Å². The second-order valence-corrected chi connectivity index (χ2v) is 5.31. The number of rotatable bonds is 5. The van der Waals surface area contributed by atoms with Crippen LogP contribution < -0.4 is 5.32 Å². The van der Waals surface area contributed by atoms with Crippen LogP contribution in [-0.2, 0) is 0 Å². The summed E-state index contributed by atoms with van der Waals surface area (Å²) in [4.78, 5) is 4.31. The van der Waals surface area contributed by atoms with Crippen molar-refractivity contribution in [3.05, 3.63) is 22.8 Å². The molecule has 1 heterocycles. The molecule has 2 nitrogen and oxygen atoms in total. The van der Waals surface area contributed by atoms with Crippen molar-refractivity contribution in [2.75, 3.05) is 13.1 Å². The van der Waals surface area contributed by atoms with Crippen LogP contribution in [0.3, 0.4) is 0 Å². The Morgan fingerprint density at radius 3 is 3.07 bits per heavy atom. The molecule has 14 heavy (non-hydrogen) atoms. The van der Waals surface area contributed by atoms with Crippen molar-refractivity contribution in [1.82, 2.24) is 10.3 Å². The molecular weight excluding hydrogens is 260 g/mol. The summed E-state index contributed by atoms with van der Waals surface area (Å²) in [6.07, 6.45) is 1.83. The van der Waals surface area contributed by atoms with Gasteiger partial charge in [-0.25, -0.2) is 4.98 Å². The quantitative estimate of drug-likeness (QED) is 0.836. The zero-order chi connectivity index (χ0) is 10.4. The summed E-state index contributed by atoms with van der Waals surface area (Å²) in [6, 6.07) is 3.96. The summed E-state index contributed by atoms with van der Waals surface area (Å²) < 4.78 is 1.08. The molecule has 0 aliphatic heterocycles. The van der Waals surface area contributed by atoms with Gasteiger partial charge in [-0.3, -0.25) is 0 Å². The van der Waals surface area contributed by atoms with Crippen molar-refractivity contribution >= 4 is 27.7 Å². The van der Waals surface area contributed by atoms with E-state index in [9.17, 15) is 0 Å². The molecule has 1 aromatic heterocycles. The van der Waals surface area contributed by atoms with Gasteiger partial charge in [-0.05, 0) is 34.6 Å². The highest BCUT2D eigenvalue weighted by molar-refractivity contribution is 9.10. The van der Waals surface area contributed by atoms with E-state index in [2.05, 4.69) is 40.1 Å². The third-order valence-corrected chi connectivity index (χ3v) is 3.74. The summed E-state index contributed by atoms with van der Waals surface area (Å²) >= 11 is 5.28. The van der Waals surface area contributed by atoms with Crippen molar-refractivity contribution in [3.8, 4) is 0 Å². The van der Waals surface area contributed by atoms with Gasteiger partial charge >= 0.3 is 0 Å². The number of thioether (sulfide) groups is 1. The van der Waals surface area contributed by atoms with Gasteiger partial charge in [0.15, 0.2) is 0 Å². The summed E-state index contributed by atoms with van der Waals surface area (Å²) in [5.74, 6) is 0. The molecular formula is C10H15BrN2S. The first-order chi connectivity index (χ1) is 6.74. The monoisotopic (exact) mass is 274 g/mol. The first-order valence-corrected chi connectivity index (χ1v) is 6.39. The lowest BCUT2D eigenvalue weighted by Gasteiger charge is -2.11. The number of aromatic nitrogens is 1. The van der Waals surface area contributed by atoms with E-state index in [0.29, 0.717) is 5.25 Å². The fourth-order valence-corrected chi connectivity index (χ4v) is 2.46. The molecule has 78 valence electrons. The molecule has 1 rings (SSSR count). The molecule has 0 spiro atoms. The van der Waals surface area contributed by atoms with Crippen LogP contribution in [0.1, 0.15) is 13.8 Å². The van der Waals surface area contributed by atoms with E-state index >= 15 is 0 Å². The van der Waals surface area contributed by atoms with Crippen LogP contribution in [0.2, 0.25) is 0 Å². The van der Waals surface area contributed by atoms with Gasteiger partial charge in [0.2, 0.25) is 0 Å². The lowest BCUT2D eigenvalue weighted by atomic mass is 10.5. The Morgan fingerprint density at radius 1 is 1.64 bits per heavy atom. The van der Waals surface area contributed by atoms with Crippen molar-refractivity contribution in [1.29, 1.82) is 0 Å². The summed E-state index contributed by atoms with van der Waals surface area (Å²) in [5, 5.41) is 4.93. The van der Waals surface area contributed by atoms with Gasteiger partial charge in [0.05, 0.1) is 0 Å². The molecule has 0 bridgehead atoms. The molecule has 1 N–H and O–H groups in total. The maximum Gasteiger partial charge on any atom is 0.110 e. The molecule has 0 aromatic carbocycles. The third kappa shape index (κ3) is 3.98. The average molecular weight is 275 g/mol. The van der Waals surface area contributed by atoms with Crippen molar-refractivity contribution in [2.45, 2.75) is 24.1 Å². The third-order valence-electron chi connectivity index (χ3n) is 1.72. The van der Waals surface area contributed by atoms with E-state index in [4.69, 9.17) is 0 Å². The lowest BCUT2D eigenvalue weighted by molar-refractivity contribution is 0.712. The Morgan fingerprint density at radius 2 is 2.43 bits per heavy atom. The van der Waals surface area contributed by atoms with Gasteiger partial charge in [-0.15, -0.1) is 11.8 Å². The summed E-state index contributed by atoms with van der Waals surface area (Å²) in [6.45, 7) is 6.36. The van der Waals surface area contributed by atoms with E-state index in [1.807, 2.05) is 18.3 Å². The van der Waals surface area contributed by atoms with Crippen molar-refractivity contribution in [2.24, 2.45) is 0 Å². The minimum absolute atomic E-state index is 0.543. The average Bonchev–Trinajstić information content (AvgIpc) is 2.18. The van der Waals surface area contributed by atoms with E-state index in [1.54, 1.807) is 11.8 Å². The number of hydrogen-bond donors (Lipinski definition) is 1. The van der Waals surface area contributed by atoms with Crippen molar-refractivity contribution in [3.63, 3.8) is 0 Å². The van der Waals surface area contributed by atoms with E-state index in [1.165, 1.54) is 0 Å². The van der Waals surface area contributed by atoms with Crippen LogP contribution in [0.5, 0.6) is 0 Å². The summed E-state index contributed by atoms with van der Waals surface area (Å²) in [7, 11) is 0. The number of pyridine rings is 1. The van der Waals surface area contributed by atoms with Crippen LogP contribution in [0.4, 0.5) is 0 Å². The number of nitrogens with zero attached hydrogens (tertiary/aromatic N) is 1. The standard InChI is InChI=1S/C10H15BrN2S/c1-3-12-7-8(2)14-10-9(11)5-4-6-13-10/h4-6,8,12H,3,7H2,1-2H3. The fourth-order valence-electron chi connectivity index (χ4n) is 1.04. The topological polar surface area (TPSA) is 24.9 Å². The number of nitrogens with one attached hydrogen (secondary N) is 1. The fraction of sp³-hybridized carbons (Fsp3) is 0.500. The zero-order valence-electron chi connectivity index (χ0n) is 8.46. The molecule has 0 aliphatic carbocycles. The maximum absolute atomic E-state index is 4.31. The van der Waals surface area contributed by atoms with E-state index in [0.717, 1.165) is 22.6 Å². The lowest BCUT2D eigenvalue weighted by Crippen LogP contribution is -2.22. The Hall–Kier alpha value is -0.0600. The predicted octanol–water partition coefficient (Wildman–Crippen LogP) is 2.93. The molecule has 1 aromatic rings. The van der Waals surface area contributed by atoms with Crippen LogP contribution in [0, 0.1) is 0 Å². The van der Waals surface area contributed by atoms with Gasteiger partial charge in [0, 0.05) is 22.5 Å². The van der Waals surface area contributed by atoms with Gasteiger partial charge in [0.25, 0.3) is 0 Å². The number of halogens is 1. The van der Waals surface area contributed by atoms with Gasteiger partial charge in [-0.1, -0.05) is 13.8 Å². The molecule has 0 amide bonds. The van der Waals surface area contributed by atoms with Gasteiger partial charge < -0.3 is 5.32 Å². The second kappa shape index (κ2) is 6.43. The molecule has 0 saturated heterocycles. The normalized spacial score (nSPS) is 12.8. The van der Waals surface area contributed by atoms with Gasteiger partial charge in [-0.2, -0.15) is 0 Å². The smallest absolute Gasteiger partial charge is 0.110 e. The molecule has 0 saturated carbocycles. The Balaban J connectivity index is 2.47. The SMILES string of the molecule is CCNCC(C)Sc1ncccc1Br. The molecule has 1 unspecified atom stereocenters. The molecule has 0 radical (unpaired) electrons. The molecule has 0 fully saturated rings. The Bertz CT molecular complexity index is 281. The maximum atomic E-state index is 4.31. The predicted molar refractivity (Wildman–Crippen MR) is 65.8 cm³/mol.